The van der Waals surface area contributed by atoms with Gasteiger partial charge in [0, 0.05) is 6.04 Å². The zero-order chi connectivity index (χ0) is 10.8. The van der Waals surface area contributed by atoms with Crippen molar-refractivity contribution in [1.29, 1.82) is 0 Å². The second-order valence-electron chi connectivity index (χ2n) is 4.39. The van der Waals surface area contributed by atoms with Crippen LogP contribution in [0.1, 0.15) is 17.5 Å². The second-order valence-corrected chi connectivity index (χ2v) is 4.39. The molecule has 3 heteroatoms. The molecular weight excluding hydrogens is 200 g/mol. The minimum absolute atomic E-state index is 0.478. The number of rotatable bonds is 1. The van der Waals surface area contributed by atoms with Crippen molar-refractivity contribution < 1.29 is 4.74 Å². The summed E-state index contributed by atoms with van der Waals surface area (Å²) < 4.78 is 5.38. The van der Waals surface area contributed by atoms with E-state index in [2.05, 4.69) is 34.6 Å². The molecule has 0 saturated carbocycles. The van der Waals surface area contributed by atoms with Crippen LogP contribution in [0, 0.1) is 0 Å². The van der Waals surface area contributed by atoms with Crippen molar-refractivity contribution in [1.82, 2.24) is 5.32 Å². The van der Waals surface area contributed by atoms with Crippen molar-refractivity contribution in [2.75, 3.05) is 13.2 Å². The molecule has 1 N–H and O–H groups in total. The maximum Gasteiger partial charge on any atom is 0.285 e. The van der Waals surface area contributed by atoms with Gasteiger partial charge in [0.2, 0.25) is 0 Å². The summed E-state index contributed by atoms with van der Waals surface area (Å²) >= 11 is 0. The molecule has 0 spiro atoms. The van der Waals surface area contributed by atoms with Crippen LogP contribution in [0.25, 0.3) is 0 Å². The molecule has 0 fully saturated rings. The van der Waals surface area contributed by atoms with E-state index in [-0.39, 0.29) is 0 Å². The summed E-state index contributed by atoms with van der Waals surface area (Å²) in [6.07, 6.45) is 3.40. The highest BCUT2D eigenvalue weighted by molar-refractivity contribution is 5.75. The Kier molecular flexibility index (Phi) is 2.52. The fraction of sp³-hybridized carbons (Fsp3) is 0.462. The Hall–Kier alpha value is -1.51. The minimum Gasteiger partial charge on any atom is -0.463 e. The summed E-state index contributed by atoms with van der Waals surface area (Å²) in [6, 6.07) is 9.91. The maximum atomic E-state index is 5.38. The molecule has 0 bridgehead atoms. The largest absolute Gasteiger partial charge is 0.463 e. The number of amidine groups is 1. The molecular formula is C13H16N2O. The number of fused-ring (bicyclic) bond motifs is 1. The van der Waals surface area contributed by atoms with Crippen LogP contribution in [0.4, 0.5) is 0 Å². The SMILES string of the molecule is c1ccc2c(c1)CCC(NC1=NCCO1)C2. The summed E-state index contributed by atoms with van der Waals surface area (Å²) in [6.45, 7) is 1.53. The second kappa shape index (κ2) is 4.16. The Labute approximate surface area is 95.5 Å². The van der Waals surface area contributed by atoms with E-state index >= 15 is 0 Å². The summed E-state index contributed by atoms with van der Waals surface area (Å²) in [4.78, 5) is 4.27. The van der Waals surface area contributed by atoms with Gasteiger partial charge < -0.3 is 10.1 Å². The van der Waals surface area contributed by atoms with Gasteiger partial charge in [0.05, 0.1) is 6.54 Å². The number of ether oxygens (including phenoxy) is 1. The summed E-state index contributed by atoms with van der Waals surface area (Å²) in [5, 5.41) is 3.39. The molecule has 0 saturated heterocycles. The van der Waals surface area contributed by atoms with Crippen molar-refractivity contribution in [2.45, 2.75) is 25.3 Å². The summed E-state index contributed by atoms with van der Waals surface area (Å²) in [7, 11) is 0. The molecule has 3 rings (SSSR count). The van der Waals surface area contributed by atoms with Crippen LogP contribution in [-0.4, -0.2) is 25.2 Å². The van der Waals surface area contributed by atoms with E-state index in [1.807, 2.05) is 0 Å². The molecule has 1 aromatic carbocycles. The van der Waals surface area contributed by atoms with Gasteiger partial charge in [-0.15, -0.1) is 0 Å². The number of nitrogens with one attached hydrogen (secondary N) is 1. The highest BCUT2D eigenvalue weighted by Gasteiger charge is 2.20. The first-order valence-corrected chi connectivity index (χ1v) is 5.92. The Bertz CT molecular complexity index is 414. The number of nitrogens with zero attached hydrogens (tertiary/aromatic N) is 1. The van der Waals surface area contributed by atoms with Crippen molar-refractivity contribution >= 4 is 6.02 Å². The Morgan fingerprint density at radius 3 is 2.94 bits per heavy atom. The molecule has 0 amide bonds. The van der Waals surface area contributed by atoms with E-state index in [1.54, 1.807) is 0 Å². The summed E-state index contributed by atoms with van der Waals surface area (Å²) in [5.74, 6) is 0. The Morgan fingerprint density at radius 1 is 1.25 bits per heavy atom. The molecule has 1 unspecified atom stereocenters. The molecule has 1 aliphatic carbocycles. The van der Waals surface area contributed by atoms with Gasteiger partial charge in [0.15, 0.2) is 0 Å². The topological polar surface area (TPSA) is 33.6 Å². The molecule has 16 heavy (non-hydrogen) atoms. The number of aryl methyl sites for hydroxylation is 1. The quantitative estimate of drug-likeness (QED) is 0.772. The van der Waals surface area contributed by atoms with Gasteiger partial charge in [-0.05, 0) is 30.4 Å². The van der Waals surface area contributed by atoms with E-state index in [0.29, 0.717) is 6.04 Å². The van der Waals surface area contributed by atoms with Gasteiger partial charge in [-0.3, -0.25) is 0 Å². The van der Waals surface area contributed by atoms with Crippen LogP contribution in [0.5, 0.6) is 0 Å². The highest BCUT2D eigenvalue weighted by Crippen LogP contribution is 2.21. The van der Waals surface area contributed by atoms with Crippen LogP contribution in [0.15, 0.2) is 29.3 Å². The Balaban J connectivity index is 1.68. The van der Waals surface area contributed by atoms with Gasteiger partial charge in [-0.2, -0.15) is 0 Å². The third kappa shape index (κ3) is 1.90. The number of benzene rings is 1. The van der Waals surface area contributed by atoms with Gasteiger partial charge >= 0.3 is 0 Å². The van der Waals surface area contributed by atoms with E-state index < -0.39 is 0 Å². The van der Waals surface area contributed by atoms with Gasteiger partial charge in [0.1, 0.15) is 6.61 Å². The average Bonchev–Trinajstić information content (AvgIpc) is 2.82. The van der Waals surface area contributed by atoms with Crippen LogP contribution in [0.2, 0.25) is 0 Å². The molecule has 3 nitrogen and oxygen atoms in total. The summed E-state index contributed by atoms with van der Waals surface area (Å²) in [5.41, 5.74) is 2.96. The van der Waals surface area contributed by atoms with Crippen molar-refractivity contribution in [3.05, 3.63) is 35.4 Å². The van der Waals surface area contributed by atoms with E-state index in [9.17, 15) is 0 Å². The standard InChI is InChI=1S/C13H16N2O/c1-2-4-11-9-12(6-5-10(11)3-1)15-13-14-7-8-16-13/h1-4,12H,5-9H2,(H,14,15). The van der Waals surface area contributed by atoms with E-state index in [4.69, 9.17) is 4.74 Å². The monoisotopic (exact) mass is 216 g/mol. The van der Waals surface area contributed by atoms with Crippen LogP contribution >= 0.6 is 0 Å². The number of aliphatic imine (C=N–C) groups is 1. The lowest BCUT2D eigenvalue weighted by molar-refractivity contribution is 0.321. The first-order valence-electron chi connectivity index (χ1n) is 5.92. The molecule has 1 aromatic rings. The predicted octanol–water partition coefficient (Wildman–Crippen LogP) is 1.52. The Morgan fingerprint density at radius 2 is 2.12 bits per heavy atom. The van der Waals surface area contributed by atoms with Crippen LogP contribution in [-0.2, 0) is 17.6 Å². The zero-order valence-electron chi connectivity index (χ0n) is 9.28. The average molecular weight is 216 g/mol. The minimum atomic E-state index is 0.478. The molecule has 0 aromatic heterocycles. The molecule has 1 atom stereocenters. The smallest absolute Gasteiger partial charge is 0.285 e. The zero-order valence-corrected chi connectivity index (χ0v) is 9.28. The predicted molar refractivity (Wildman–Crippen MR) is 63.6 cm³/mol. The first kappa shape index (κ1) is 9.70. The number of hydrogen-bond donors (Lipinski definition) is 1. The van der Waals surface area contributed by atoms with Crippen LogP contribution in [0.3, 0.4) is 0 Å². The van der Waals surface area contributed by atoms with Gasteiger partial charge in [0.25, 0.3) is 6.02 Å². The van der Waals surface area contributed by atoms with Crippen LogP contribution < -0.4 is 5.32 Å². The van der Waals surface area contributed by atoms with Gasteiger partial charge in [-0.25, -0.2) is 4.99 Å². The third-order valence-electron chi connectivity index (χ3n) is 3.26. The normalized spacial score (nSPS) is 23.2. The highest BCUT2D eigenvalue weighted by atomic mass is 16.5. The van der Waals surface area contributed by atoms with Gasteiger partial charge in [-0.1, -0.05) is 24.3 Å². The van der Waals surface area contributed by atoms with Crippen molar-refractivity contribution in [2.24, 2.45) is 4.99 Å². The van der Waals surface area contributed by atoms with Crippen molar-refractivity contribution in [3.63, 3.8) is 0 Å². The van der Waals surface area contributed by atoms with Crippen molar-refractivity contribution in [3.8, 4) is 0 Å². The lowest BCUT2D eigenvalue weighted by atomic mass is 9.88. The fourth-order valence-corrected chi connectivity index (χ4v) is 2.42. The number of hydrogen-bond acceptors (Lipinski definition) is 3. The van der Waals surface area contributed by atoms with E-state index in [0.717, 1.165) is 32.0 Å². The molecule has 0 radical (unpaired) electrons. The first-order chi connectivity index (χ1) is 7.92. The molecule has 1 aliphatic heterocycles. The lowest BCUT2D eigenvalue weighted by Crippen LogP contribution is -2.38. The fourth-order valence-electron chi connectivity index (χ4n) is 2.42. The third-order valence-corrected chi connectivity index (χ3v) is 3.26. The molecule has 84 valence electrons. The maximum absolute atomic E-state index is 5.38. The molecule has 2 aliphatic rings. The molecule has 1 heterocycles. The van der Waals surface area contributed by atoms with E-state index in [1.165, 1.54) is 17.5 Å². The lowest BCUT2D eigenvalue weighted by Gasteiger charge is -2.25.